The first-order valence-electron chi connectivity index (χ1n) is 5.69. The molecule has 2 aromatic carbocycles. The van der Waals surface area contributed by atoms with Gasteiger partial charge in [-0.15, -0.1) is 0 Å². The Bertz CT molecular complexity index is 642. The summed E-state index contributed by atoms with van der Waals surface area (Å²) < 4.78 is 37.5. The van der Waals surface area contributed by atoms with Crippen LogP contribution in [0.3, 0.4) is 0 Å². The maximum Gasteiger partial charge on any atom is 0.352 e. The van der Waals surface area contributed by atoms with Crippen molar-refractivity contribution in [3.8, 4) is 0 Å². The topological polar surface area (TPSA) is 69.6 Å². The molecule has 0 heterocycles. The second kappa shape index (κ2) is 5.71. The first kappa shape index (κ1) is 14.7. The van der Waals surface area contributed by atoms with Gasteiger partial charge in [0.1, 0.15) is 11.6 Å². The third-order valence-electron chi connectivity index (χ3n) is 2.65. The predicted octanol–water partition coefficient (Wildman–Crippen LogP) is 3.25. The van der Waals surface area contributed by atoms with Gasteiger partial charge in [0.05, 0.1) is 0 Å². The molecule has 2 rings (SSSR count). The van der Waals surface area contributed by atoms with E-state index in [0.717, 1.165) is 18.2 Å². The average molecular weight is 299 g/mol. The molecule has 1 atom stereocenters. The monoisotopic (exact) mass is 299 g/mol. The highest BCUT2D eigenvalue weighted by Crippen LogP contribution is 2.51. The second-order valence-corrected chi connectivity index (χ2v) is 5.89. The fraction of sp³-hybridized carbons (Fsp3) is 0.0769. The smallest absolute Gasteiger partial charge is 0.352 e. The molecule has 4 nitrogen and oxygen atoms in total. The first-order chi connectivity index (χ1) is 9.36. The van der Waals surface area contributed by atoms with Gasteiger partial charge in [-0.3, -0.25) is 4.57 Å². The van der Waals surface area contributed by atoms with E-state index in [1.54, 1.807) is 0 Å². The van der Waals surface area contributed by atoms with Crippen LogP contribution >= 0.6 is 7.60 Å². The van der Waals surface area contributed by atoms with E-state index < -0.39 is 25.0 Å². The molecule has 0 bridgehead atoms. The van der Waals surface area contributed by atoms with E-state index in [9.17, 15) is 23.1 Å². The van der Waals surface area contributed by atoms with E-state index in [0.29, 0.717) is 5.69 Å². The van der Waals surface area contributed by atoms with Gasteiger partial charge in [0.25, 0.3) is 0 Å². The zero-order chi connectivity index (χ0) is 14.8. The van der Waals surface area contributed by atoms with Gasteiger partial charge in [-0.1, -0.05) is 12.1 Å². The summed E-state index contributed by atoms with van der Waals surface area (Å²) in [5.41, 5.74) is 0.437. The molecule has 0 aromatic heterocycles. The first-order valence-corrected chi connectivity index (χ1v) is 7.37. The van der Waals surface area contributed by atoms with Crippen LogP contribution in [0.1, 0.15) is 11.3 Å². The molecule has 0 fully saturated rings. The molecule has 0 aliphatic rings. The van der Waals surface area contributed by atoms with Crippen molar-refractivity contribution in [3.05, 3.63) is 65.7 Å². The Balaban J connectivity index is 2.34. The molecular weight excluding hydrogens is 287 g/mol. The van der Waals surface area contributed by atoms with Crippen molar-refractivity contribution in [1.82, 2.24) is 0 Å². The third-order valence-corrected chi connectivity index (χ3v) is 3.75. The van der Waals surface area contributed by atoms with Crippen LogP contribution in [0.25, 0.3) is 0 Å². The fourth-order valence-electron chi connectivity index (χ4n) is 1.74. The number of rotatable bonds is 4. The molecule has 0 radical (unpaired) electrons. The molecule has 0 unspecified atom stereocenters. The highest BCUT2D eigenvalue weighted by atomic mass is 31.2. The highest BCUT2D eigenvalue weighted by molar-refractivity contribution is 7.52. The van der Waals surface area contributed by atoms with Crippen molar-refractivity contribution in [3.63, 3.8) is 0 Å². The summed E-state index contributed by atoms with van der Waals surface area (Å²) in [6, 6.07) is 9.99. The highest BCUT2D eigenvalue weighted by Gasteiger charge is 2.30. The van der Waals surface area contributed by atoms with Crippen LogP contribution in [0.5, 0.6) is 0 Å². The molecule has 2 aromatic rings. The van der Waals surface area contributed by atoms with Crippen molar-refractivity contribution < 1.29 is 23.1 Å². The zero-order valence-corrected chi connectivity index (χ0v) is 11.1. The predicted molar refractivity (Wildman–Crippen MR) is 71.2 cm³/mol. The molecule has 20 heavy (non-hydrogen) atoms. The van der Waals surface area contributed by atoms with E-state index >= 15 is 0 Å². The van der Waals surface area contributed by atoms with Gasteiger partial charge >= 0.3 is 7.60 Å². The second-order valence-electron chi connectivity index (χ2n) is 4.20. The molecule has 0 spiro atoms. The minimum absolute atomic E-state index is 0.114. The quantitative estimate of drug-likeness (QED) is 0.758. The van der Waals surface area contributed by atoms with Crippen molar-refractivity contribution in [1.29, 1.82) is 0 Å². The third kappa shape index (κ3) is 3.63. The van der Waals surface area contributed by atoms with Crippen molar-refractivity contribution >= 4 is 13.3 Å². The minimum atomic E-state index is -4.57. The van der Waals surface area contributed by atoms with Crippen LogP contribution in [-0.2, 0) is 4.57 Å². The molecule has 0 aliphatic carbocycles. The number of halogens is 2. The van der Waals surface area contributed by atoms with Gasteiger partial charge in [0.2, 0.25) is 0 Å². The Morgan fingerprint density at radius 1 is 1.00 bits per heavy atom. The molecule has 0 amide bonds. The van der Waals surface area contributed by atoms with E-state index in [4.69, 9.17) is 0 Å². The van der Waals surface area contributed by atoms with Crippen molar-refractivity contribution in [2.45, 2.75) is 5.78 Å². The molecular formula is C13H12F2NO3P. The Kier molecular flexibility index (Phi) is 4.18. The molecule has 0 saturated heterocycles. The lowest BCUT2D eigenvalue weighted by Gasteiger charge is -2.21. The van der Waals surface area contributed by atoms with Crippen LogP contribution in [0, 0.1) is 11.6 Å². The maximum atomic E-state index is 13.2. The van der Waals surface area contributed by atoms with E-state index in [1.165, 1.54) is 30.3 Å². The molecule has 0 aliphatic heterocycles. The van der Waals surface area contributed by atoms with E-state index in [1.807, 2.05) is 0 Å². The molecule has 7 heteroatoms. The number of benzene rings is 2. The van der Waals surface area contributed by atoms with Crippen LogP contribution < -0.4 is 5.32 Å². The normalized spacial score (nSPS) is 13.0. The van der Waals surface area contributed by atoms with Gasteiger partial charge in [-0.05, 0) is 42.0 Å². The summed E-state index contributed by atoms with van der Waals surface area (Å²) >= 11 is 0. The fourth-order valence-corrected chi connectivity index (χ4v) is 2.61. The SMILES string of the molecule is O=P(O)(O)[C@H](Nc1ccc(F)cc1)c1cccc(F)c1. The summed E-state index contributed by atoms with van der Waals surface area (Å²) in [4.78, 5) is 18.8. The van der Waals surface area contributed by atoms with Gasteiger partial charge in [-0.2, -0.15) is 0 Å². The summed E-state index contributed by atoms with van der Waals surface area (Å²) in [7, 11) is -4.57. The molecule has 106 valence electrons. The largest absolute Gasteiger partial charge is 0.368 e. The lowest BCUT2D eigenvalue weighted by atomic mass is 10.2. The Morgan fingerprint density at radius 2 is 1.65 bits per heavy atom. The molecule has 0 saturated carbocycles. The number of anilines is 1. The van der Waals surface area contributed by atoms with Crippen molar-refractivity contribution in [2.24, 2.45) is 0 Å². The summed E-state index contributed by atoms with van der Waals surface area (Å²) in [5.74, 6) is -2.46. The van der Waals surface area contributed by atoms with E-state index in [2.05, 4.69) is 5.32 Å². The number of nitrogens with one attached hydrogen (secondary N) is 1. The average Bonchev–Trinajstić information content (AvgIpc) is 2.36. The van der Waals surface area contributed by atoms with Crippen LogP contribution in [0.4, 0.5) is 14.5 Å². The summed E-state index contributed by atoms with van der Waals surface area (Å²) in [5, 5.41) is 2.59. The number of hydrogen-bond acceptors (Lipinski definition) is 2. The van der Waals surface area contributed by atoms with E-state index in [-0.39, 0.29) is 5.56 Å². The summed E-state index contributed by atoms with van der Waals surface area (Å²) in [6.07, 6.45) is 0. The Morgan fingerprint density at radius 3 is 2.20 bits per heavy atom. The van der Waals surface area contributed by atoms with Crippen molar-refractivity contribution in [2.75, 3.05) is 5.32 Å². The number of hydrogen-bond donors (Lipinski definition) is 3. The lowest BCUT2D eigenvalue weighted by molar-refractivity contribution is 0.363. The van der Waals surface area contributed by atoms with Crippen LogP contribution in [0.2, 0.25) is 0 Å². The van der Waals surface area contributed by atoms with Gasteiger partial charge in [0, 0.05) is 5.69 Å². The van der Waals surface area contributed by atoms with Gasteiger partial charge < -0.3 is 15.1 Å². The maximum absolute atomic E-state index is 13.2. The minimum Gasteiger partial charge on any atom is -0.368 e. The van der Waals surface area contributed by atoms with Crippen LogP contribution in [0.15, 0.2) is 48.5 Å². The Labute approximate surface area is 114 Å². The lowest BCUT2D eigenvalue weighted by Crippen LogP contribution is -2.11. The molecule has 3 N–H and O–H groups in total. The van der Waals surface area contributed by atoms with Crippen LogP contribution in [-0.4, -0.2) is 9.79 Å². The van der Waals surface area contributed by atoms with Gasteiger partial charge in [0.15, 0.2) is 5.78 Å². The Hall–Kier alpha value is -1.75. The standard InChI is InChI=1S/C13H12F2NO3P/c14-10-4-6-12(7-5-10)16-13(20(17,18)19)9-2-1-3-11(15)8-9/h1-8,13,16H,(H2,17,18,19)/t13-/m0/s1. The van der Waals surface area contributed by atoms with Gasteiger partial charge in [-0.25, -0.2) is 8.78 Å². The summed E-state index contributed by atoms with van der Waals surface area (Å²) in [6.45, 7) is 0. The zero-order valence-electron chi connectivity index (χ0n) is 10.2.